The number of hydrogen-bond acceptors (Lipinski definition) is 4. The Hall–Kier alpha value is -0.810. The number of carbonyl (C=O) groups is 1. The summed E-state index contributed by atoms with van der Waals surface area (Å²) in [5.74, 6) is 1.11. The topological polar surface area (TPSA) is 61.8 Å². The zero-order chi connectivity index (χ0) is 15.1. The fourth-order valence-electron chi connectivity index (χ4n) is 2.75. The molecule has 0 aromatic rings. The molecule has 1 saturated carbocycles. The minimum absolute atomic E-state index is 0.0816. The molecule has 20 heavy (non-hydrogen) atoms. The third-order valence-electron chi connectivity index (χ3n) is 4.09. The van der Waals surface area contributed by atoms with Crippen molar-refractivity contribution < 1.29 is 14.6 Å². The molecule has 2 fully saturated rings. The molecule has 5 heteroatoms. The highest BCUT2D eigenvalue weighted by molar-refractivity contribution is 5.69. The van der Waals surface area contributed by atoms with Crippen LogP contribution in [0.1, 0.15) is 34.6 Å². The maximum absolute atomic E-state index is 11.9. The molecule has 2 atom stereocenters. The Balaban J connectivity index is 1.73. The van der Waals surface area contributed by atoms with Gasteiger partial charge < -0.3 is 20.1 Å². The predicted octanol–water partition coefficient (Wildman–Crippen LogP) is 1.46. The van der Waals surface area contributed by atoms with Gasteiger partial charge in [-0.2, -0.15) is 0 Å². The molecule has 5 nitrogen and oxygen atoms in total. The molecule has 1 saturated heterocycles. The Morgan fingerprint density at radius 2 is 1.80 bits per heavy atom. The SMILES string of the molecule is CC(C)(CO)CNC1C2CN(C(=O)OC(C)(C)C)CC21. The number of aliphatic hydroxyl groups is 1. The summed E-state index contributed by atoms with van der Waals surface area (Å²) in [6, 6.07) is 0.500. The van der Waals surface area contributed by atoms with Crippen LogP contribution in [0.2, 0.25) is 0 Å². The summed E-state index contributed by atoms with van der Waals surface area (Å²) in [6.45, 7) is 12.3. The van der Waals surface area contributed by atoms with E-state index in [2.05, 4.69) is 5.32 Å². The van der Waals surface area contributed by atoms with E-state index in [4.69, 9.17) is 4.74 Å². The minimum Gasteiger partial charge on any atom is -0.444 e. The molecule has 0 aromatic heterocycles. The van der Waals surface area contributed by atoms with E-state index in [-0.39, 0.29) is 18.1 Å². The molecule has 0 bridgehead atoms. The third kappa shape index (κ3) is 3.64. The van der Waals surface area contributed by atoms with E-state index >= 15 is 0 Å². The summed E-state index contributed by atoms with van der Waals surface area (Å²) >= 11 is 0. The van der Waals surface area contributed by atoms with E-state index in [9.17, 15) is 9.90 Å². The average molecular weight is 284 g/mol. The summed E-state index contributed by atoms with van der Waals surface area (Å²) < 4.78 is 5.39. The first-order valence-corrected chi connectivity index (χ1v) is 7.45. The molecule has 2 aliphatic rings. The van der Waals surface area contributed by atoms with Crippen LogP contribution in [0.4, 0.5) is 4.79 Å². The highest BCUT2D eigenvalue weighted by Crippen LogP contribution is 2.46. The number of likely N-dealkylation sites (tertiary alicyclic amines) is 1. The number of nitrogens with one attached hydrogen (secondary N) is 1. The molecule has 0 aromatic carbocycles. The zero-order valence-electron chi connectivity index (χ0n) is 13.3. The van der Waals surface area contributed by atoms with Crippen LogP contribution in [0.5, 0.6) is 0 Å². The highest BCUT2D eigenvalue weighted by Gasteiger charge is 2.57. The number of piperidine rings is 1. The average Bonchev–Trinajstić information content (AvgIpc) is 2.77. The second kappa shape index (κ2) is 5.19. The Kier molecular flexibility index (Phi) is 4.04. The van der Waals surface area contributed by atoms with Crippen LogP contribution in [-0.2, 0) is 4.74 Å². The number of nitrogens with zero attached hydrogens (tertiary/aromatic N) is 1. The highest BCUT2D eigenvalue weighted by atomic mass is 16.6. The van der Waals surface area contributed by atoms with Gasteiger partial charge in [-0.05, 0) is 32.6 Å². The van der Waals surface area contributed by atoms with Crippen LogP contribution >= 0.6 is 0 Å². The van der Waals surface area contributed by atoms with Crippen molar-refractivity contribution in [3.8, 4) is 0 Å². The Bertz CT molecular complexity index is 364. The molecule has 116 valence electrons. The predicted molar refractivity (Wildman–Crippen MR) is 77.4 cm³/mol. The van der Waals surface area contributed by atoms with Crippen molar-refractivity contribution in [1.82, 2.24) is 10.2 Å². The van der Waals surface area contributed by atoms with Gasteiger partial charge in [-0.25, -0.2) is 4.79 Å². The van der Waals surface area contributed by atoms with E-state index in [0.717, 1.165) is 19.6 Å². The molecule has 0 radical (unpaired) electrons. The monoisotopic (exact) mass is 284 g/mol. The van der Waals surface area contributed by atoms with Gasteiger partial charge in [0, 0.05) is 37.7 Å². The summed E-state index contributed by atoms with van der Waals surface area (Å²) in [6.07, 6.45) is -0.195. The molecular weight excluding hydrogens is 256 g/mol. The van der Waals surface area contributed by atoms with Crippen LogP contribution < -0.4 is 5.32 Å². The summed E-state index contributed by atoms with van der Waals surface area (Å²) in [4.78, 5) is 13.8. The van der Waals surface area contributed by atoms with Gasteiger partial charge in [0.1, 0.15) is 5.60 Å². The largest absolute Gasteiger partial charge is 0.444 e. The van der Waals surface area contributed by atoms with E-state index < -0.39 is 5.60 Å². The maximum Gasteiger partial charge on any atom is 0.410 e. The van der Waals surface area contributed by atoms with Gasteiger partial charge in [0.05, 0.1) is 0 Å². The van der Waals surface area contributed by atoms with Gasteiger partial charge in [-0.1, -0.05) is 13.8 Å². The molecule has 1 aliphatic heterocycles. The van der Waals surface area contributed by atoms with Gasteiger partial charge in [-0.3, -0.25) is 0 Å². The number of rotatable bonds is 4. The van der Waals surface area contributed by atoms with Crippen molar-refractivity contribution in [2.24, 2.45) is 17.3 Å². The lowest BCUT2D eigenvalue weighted by Crippen LogP contribution is -2.41. The maximum atomic E-state index is 11.9. The molecule has 2 unspecified atom stereocenters. The van der Waals surface area contributed by atoms with Crippen molar-refractivity contribution >= 4 is 6.09 Å². The minimum atomic E-state index is -0.424. The Labute approximate surface area is 121 Å². The molecule has 1 heterocycles. The van der Waals surface area contributed by atoms with Crippen molar-refractivity contribution in [3.05, 3.63) is 0 Å². The standard InChI is InChI=1S/C15H28N2O3/c1-14(2,3)20-13(19)17-6-10-11(7-17)12(10)16-8-15(4,5)9-18/h10-12,16,18H,6-9H2,1-5H3. The molecule has 2 N–H and O–H groups in total. The lowest BCUT2D eigenvalue weighted by Gasteiger charge is -2.27. The summed E-state index contributed by atoms with van der Waals surface area (Å²) in [5.41, 5.74) is -0.506. The second-order valence-corrected chi connectivity index (χ2v) is 7.94. The Morgan fingerprint density at radius 3 is 2.25 bits per heavy atom. The molecular formula is C15H28N2O3. The molecule has 0 spiro atoms. The van der Waals surface area contributed by atoms with Crippen molar-refractivity contribution in [2.45, 2.75) is 46.3 Å². The fourth-order valence-corrected chi connectivity index (χ4v) is 2.75. The number of fused-ring (bicyclic) bond motifs is 1. The normalized spacial score (nSPS) is 29.3. The lowest BCUT2D eigenvalue weighted by molar-refractivity contribution is 0.0268. The molecule has 1 aliphatic carbocycles. The number of ether oxygens (including phenoxy) is 1. The van der Waals surface area contributed by atoms with Crippen LogP contribution in [0.15, 0.2) is 0 Å². The lowest BCUT2D eigenvalue weighted by atomic mass is 9.95. The van der Waals surface area contributed by atoms with Gasteiger partial charge in [0.2, 0.25) is 0 Å². The van der Waals surface area contributed by atoms with Gasteiger partial charge in [-0.15, -0.1) is 0 Å². The van der Waals surface area contributed by atoms with Crippen LogP contribution in [0.3, 0.4) is 0 Å². The first-order chi connectivity index (χ1) is 9.13. The zero-order valence-corrected chi connectivity index (χ0v) is 13.3. The second-order valence-electron chi connectivity index (χ2n) is 7.94. The van der Waals surface area contributed by atoms with Crippen molar-refractivity contribution in [2.75, 3.05) is 26.2 Å². The summed E-state index contributed by atoms with van der Waals surface area (Å²) in [7, 11) is 0. The van der Waals surface area contributed by atoms with Crippen LogP contribution in [0.25, 0.3) is 0 Å². The third-order valence-corrected chi connectivity index (χ3v) is 4.09. The van der Waals surface area contributed by atoms with Gasteiger partial charge >= 0.3 is 6.09 Å². The van der Waals surface area contributed by atoms with E-state index in [1.54, 1.807) is 0 Å². The fraction of sp³-hybridized carbons (Fsp3) is 0.933. The van der Waals surface area contributed by atoms with Crippen molar-refractivity contribution in [3.63, 3.8) is 0 Å². The van der Waals surface area contributed by atoms with Gasteiger partial charge in [0.25, 0.3) is 0 Å². The first-order valence-electron chi connectivity index (χ1n) is 7.45. The number of amides is 1. The van der Waals surface area contributed by atoms with Crippen molar-refractivity contribution in [1.29, 1.82) is 0 Å². The number of hydrogen-bond donors (Lipinski definition) is 2. The van der Waals surface area contributed by atoms with E-state index in [1.165, 1.54) is 0 Å². The van der Waals surface area contributed by atoms with Crippen LogP contribution in [-0.4, -0.2) is 54.0 Å². The van der Waals surface area contributed by atoms with Gasteiger partial charge in [0.15, 0.2) is 0 Å². The van der Waals surface area contributed by atoms with Crippen LogP contribution in [0, 0.1) is 17.3 Å². The quantitative estimate of drug-likeness (QED) is 0.820. The first kappa shape index (κ1) is 15.6. The Morgan fingerprint density at radius 1 is 1.25 bits per heavy atom. The summed E-state index contributed by atoms with van der Waals surface area (Å²) in [5, 5.41) is 12.8. The molecule has 2 rings (SSSR count). The van der Waals surface area contributed by atoms with E-state index in [1.807, 2.05) is 39.5 Å². The van der Waals surface area contributed by atoms with E-state index in [0.29, 0.717) is 17.9 Å². The number of carbonyl (C=O) groups excluding carboxylic acids is 1. The molecule has 1 amide bonds. The number of aliphatic hydroxyl groups excluding tert-OH is 1. The smallest absolute Gasteiger partial charge is 0.410 e.